The second-order valence-electron chi connectivity index (χ2n) is 5.11. The molecule has 2 heteroatoms. The maximum absolute atomic E-state index is 11.9. The Balaban J connectivity index is 2.36. The summed E-state index contributed by atoms with van der Waals surface area (Å²) in [5.41, 5.74) is 0.645. The Hall–Kier alpha value is -1.31. The van der Waals surface area contributed by atoms with Gasteiger partial charge in [0.15, 0.2) is 0 Å². The summed E-state index contributed by atoms with van der Waals surface area (Å²) >= 11 is 0. The van der Waals surface area contributed by atoms with Crippen molar-refractivity contribution in [1.29, 1.82) is 0 Å². The van der Waals surface area contributed by atoms with Crippen molar-refractivity contribution in [3.63, 3.8) is 0 Å². The fourth-order valence-corrected chi connectivity index (χ4v) is 2.25. The first-order chi connectivity index (χ1) is 9.27. The fraction of sp³-hybridized carbons (Fsp3) is 0.588. The Morgan fingerprint density at radius 1 is 1.05 bits per heavy atom. The zero-order valence-corrected chi connectivity index (χ0v) is 12.2. The van der Waals surface area contributed by atoms with Crippen molar-refractivity contribution < 1.29 is 9.53 Å². The van der Waals surface area contributed by atoms with E-state index >= 15 is 0 Å². The molecule has 0 N–H and O–H groups in total. The third-order valence-electron chi connectivity index (χ3n) is 3.37. The van der Waals surface area contributed by atoms with Crippen LogP contribution >= 0.6 is 0 Å². The van der Waals surface area contributed by atoms with Crippen molar-refractivity contribution in [2.45, 2.75) is 52.4 Å². The van der Waals surface area contributed by atoms with Crippen molar-refractivity contribution in [3.8, 4) is 0 Å². The first-order valence-electron chi connectivity index (χ1n) is 7.50. The topological polar surface area (TPSA) is 26.3 Å². The number of hydrogen-bond donors (Lipinski definition) is 0. The van der Waals surface area contributed by atoms with Gasteiger partial charge >= 0.3 is 5.97 Å². The third kappa shape index (κ3) is 6.42. The molecule has 0 unspecified atom stereocenters. The summed E-state index contributed by atoms with van der Waals surface area (Å²) in [7, 11) is 0. The zero-order valence-electron chi connectivity index (χ0n) is 12.2. The van der Waals surface area contributed by atoms with Crippen LogP contribution in [0, 0.1) is 5.92 Å². The lowest BCUT2D eigenvalue weighted by molar-refractivity contribution is 0.0423. The van der Waals surface area contributed by atoms with Crippen LogP contribution in [0.3, 0.4) is 0 Å². The first-order valence-corrected chi connectivity index (χ1v) is 7.50. The number of unbranched alkanes of at least 4 members (excludes halogenated alkanes) is 2. The predicted octanol–water partition coefficient (Wildman–Crippen LogP) is 4.84. The molecule has 1 atom stereocenters. The normalized spacial score (nSPS) is 12.1. The van der Waals surface area contributed by atoms with Crippen LogP contribution in [-0.2, 0) is 4.74 Å². The molecule has 0 aliphatic rings. The van der Waals surface area contributed by atoms with Gasteiger partial charge in [-0.1, -0.05) is 57.7 Å². The molecule has 0 amide bonds. The Morgan fingerprint density at radius 2 is 1.79 bits per heavy atom. The summed E-state index contributed by atoms with van der Waals surface area (Å²) in [6, 6.07) is 9.23. The van der Waals surface area contributed by atoms with Gasteiger partial charge in [0.2, 0.25) is 0 Å². The summed E-state index contributed by atoms with van der Waals surface area (Å²) in [6.45, 7) is 4.96. The maximum atomic E-state index is 11.9. The van der Waals surface area contributed by atoms with Crippen LogP contribution in [0.5, 0.6) is 0 Å². The van der Waals surface area contributed by atoms with Crippen molar-refractivity contribution in [1.82, 2.24) is 0 Å². The van der Waals surface area contributed by atoms with E-state index in [1.165, 1.54) is 25.7 Å². The summed E-state index contributed by atoms with van der Waals surface area (Å²) in [5, 5.41) is 0. The van der Waals surface area contributed by atoms with E-state index in [4.69, 9.17) is 4.74 Å². The molecule has 0 saturated heterocycles. The number of esters is 1. The molecule has 0 heterocycles. The van der Waals surface area contributed by atoms with E-state index in [0.29, 0.717) is 18.1 Å². The van der Waals surface area contributed by atoms with Gasteiger partial charge in [-0.2, -0.15) is 0 Å². The predicted molar refractivity (Wildman–Crippen MR) is 79.3 cm³/mol. The van der Waals surface area contributed by atoms with Gasteiger partial charge in [0.1, 0.15) is 0 Å². The number of rotatable bonds is 9. The third-order valence-corrected chi connectivity index (χ3v) is 3.37. The SMILES string of the molecule is CCCCC[C@H](CCC)COC(=O)c1ccccc1. The van der Waals surface area contributed by atoms with Crippen LogP contribution in [0.2, 0.25) is 0 Å². The number of carbonyl (C=O) groups is 1. The summed E-state index contributed by atoms with van der Waals surface area (Å²) in [4.78, 5) is 11.9. The molecular weight excluding hydrogens is 236 g/mol. The Kier molecular flexibility index (Phi) is 7.95. The number of hydrogen-bond acceptors (Lipinski definition) is 2. The van der Waals surface area contributed by atoms with Gasteiger partial charge in [-0.15, -0.1) is 0 Å². The maximum Gasteiger partial charge on any atom is 0.338 e. The van der Waals surface area contributed by atoms with E-state index in [-0.39, 0.29) is 5.97 Å². The van der Waals surface area contributed by atoms with E-state index in [9.17, 15) is 4.79 Å². The van der Waals surface area contributed by atoms with Crippen molar-refractivity contribution in [3.05, 3.63) is 35.9 Å². The minimum absolute atomic E-state index is 0.197. The average molecular weight is 262 g/mol. The minimum atomic E-state index is -0.197. The molecule has 1 aromatic carbocycles. The molecule has 106 valence electrons. The average Bonchev–Trinajstić information content (AvgIpc) is 2.45. The van der Waals surface area contributed by atoms with Crippen LogP contribution < -0.4 is 0 Å². The largest absolute Gasteiger partial charge is 0.462 e. The monoisotopic (exact) mass is 262 g/mol. The van der Waals surface area contributed by atoms with E-state index in [2.05, 4.69) is 13.8 Å². The van der Waals surface area contributed by atoms with Crippen molar-refractivity contribution >= 4 is 5.97 Å². The number of ether oxygens (including phenoxy) is 1. The summed E-state index contributed by atoms with van der Waals surface area (Å²) in [5.74, 6) is 0.321. The molecule has 19 heavy (non-hydrogen) atoms. The second kappa shape index (κ2) is 9.60. The molecule has 0 fully saturated rings. The van der Waals surface area contributed by atoms with Gasteiger partial charge in [0.05, 0.1) is 12.2 Å². The molecule has 0 bridgehead atoms. The second-order valence-corrected chi connectivity index (χ2v) is 5.11. The molecule has 1 rings (SSSR count). The molecule has 1 aromatic rings. The van der Waals surface area contributed by atoms with Gasteiger partial charge in [0, 0.05) is 0 Å². The van der Waals surface area contributed by atoms with Gasteiger partial charge in [0.25, 0.3) is 0 Å². The molecule has 0 radical (unpaired) electrons. The molecule has 0 spiro atoms. The van der Waals surface area contributed by atoms with E-state index in [0.717, 1.165) is 12.8 Å². The van der Waals surface area contributed by atoms with Crippen molar-refractivity contribution in [2.75, 3.05) is 6.61 Å². The molecule has 0 aliphatic heterocycles. The minimum Gasteiger partial charge on any atom is -0.462 e. The van der Waals surface area contributed by atoms with Gasteiger partial charge in [-0.3, -0.25) is 0 Å². The molecular formula is C17H26O2. The van der Waals surface area contributed by atoms with Crippen LogP contribution in [0.25, 0.3) is 0 Å². The Labute approximate surface area is 117 Å². The lowest BCUT2D eigenvalue weighted by atomic mass is 9.97. The molecule has 0 aromatic heterocycles. The standard InChI is InChI=1S/C17H26O2/c1-3-5-7-11-15(10-4-2)14-19-17(18)16-12-8-6-9-13-16/h6,8-9,12-13,15H,3-5,7,10-11,14H2,1-2H3/t15-/m0/s1. The highest BCUT2D eigenvalue weighted by molar-refractivity contribution is 5.89. The lowest BCUT2D eigenvalue weighted by Gasteiger charge is -2.16. The summed E-state index contributed by atoms with van der Waals surface area (Å²) in [6.07, 6.45) is 7.22. The van der Waals surface area contributed by atoms with E-state index < -0.39 is 0 Å². The lowest BCUT2D eigenvalue weighted by Crippen LogP contribution is -2.14. The van der Waals surface area contributed by atoms with E-state index in [1.807, 2.05) is 18.2 Å². The fourth-order valence-electron chi connectivity index (χ4n) is 2.25. The highest BCUT2D eigenvalue weighted by Crippen LogP contribution is 2.17. The van der Waals surface area contributed by atoms with Crippen LogP contribution in [0.4, 0.5) is 0 Å². The van der Waals surface area contributed by atoms with Crippen LogP contribution in [0.15, 0.2) is 30.3 Å². The van der Waals surface area contributed by atoms with Crippen LogP contribution in [-0.4, -0.2) is 12.6 Å². The number of carbonyl (C=O) groups excluding carboxylic acids is 1. The quantitative estimate of drug-likeness (QED) is 0.470. The molecule has 2 nitrogen and oxygen atoms in total. The summed E-state index contributed by atoms with van der Waals surface area (Å²) < 4.78 is 5.43. The van der Waals surface area contributed by atoms with E-state index in [1.54, 1.807) is 12.1 Å². The van der Waals surface area contributed by atoms with Gasteiger partial charge in [-0.05, 0) is 30.9 Å². The van der Waals surface area contributed by atoms with Crippen LogP contribution in [0.1, 0.15) is 62.7 Å². The zero-order chi connectivity index (χ0) is 13.9. The highest BCUT2D eigenvalue weighted by atomic mass is 16.5. The van der Waals surface area contributed by atoms with Crippen molar-refractivity contribution in [2.24, 2.45) is 5.92 Å². The molecule has 0 saturated carbocycles. The Morgan fingerprint density at radius 3 is 2.42 bits per heavy atom. The Bertz CT molecular complexity index is 346. The smallest absolute Gasteiger partial charge is 0.338 e. The first kappa shape index (κ1) is 15.7. The highest BCUT2D eigenvalue weighted by Gasteiger charge is 2.12. The number of benzene rings is 1. The molecule has 0 aliphatic carbocycles. The van der Waals surface area contributed by atoms with Gasteiger partial charge in [-0.25, -0.2) is 4.79 Å². The van der Waals surface area contributed by atoms with Gasteiger partial charge < -0.3 is 4.74 Å².